The van der Waals surface area contributed by atoms with E-state index in [1.807, 2.05) is 25.1 Å². The standard InChI is InChI=1S/C9H12N2O2S/c1-7-3-2-4-8-5-6-11(9(7)8)10-14(12)13/h2-4,10H,5-6H2,1H3,(H,12,13). The molecule has 5 heteroatoms. The van der Waals surface area contributed by atoms with E-state index in [4.69, 9.17) is 4.55 Å². The molecule has 0 fully saturated rings. The summed E-state index contributed by atoms with van der Waals surface area (Å²) in [7, 11) is 0. The molecule has 2 rings (SSSR count). The molecule has 1 unspecified atom stereocenters. The molecule has 0 saturated heterocycles. The first-order valence-corrected chi connectivity index (χ1v) is 5.52. The molecule has 2 N–H and O–H groups in total. The number of rotatable bonds is 2. The van der Waals surface area contributed by atoms with Crippen LogP contribution < -0.4 is 9.84 Å². The number of benzene rings is 1. The molecule has 4 nitrogen and oxygen atoms in total. The maximum atomic E-state index is 10.6. The molecule has 76 valence electrons. The maximum Gasteiger partial charge on any atom is 0.250 e. The van der Waals surface area contributed by atoms with Gasteiger partial charge in [0, 0.05) is 6.54 Å². The molecular weight excluding hydrogens is 200 g/mol. The van der Waals surface area contributed by atoms with Crippen LogP contribution in [-0.4, -0.2) is 15.3 Å². The van der Waals surface area contributed by atoms with Gasteiger partial charge in [-0.3, -0.25) is 9.56 Å². The number of hydrazine groups is 1. The van der Waals surface area contributed by atoms with E-state index in [9.17, 15) is 4.21 Å². The van der Waals surface area contributed by atoms with Crippen molar-refractivity contribution in [1.29, 1.82) is 0 Å². The van der Waals surface area contributed by atoms with E-state index in [1.54, 1.807) is 5.01 Å². The van der Waals surface area contributed by atoms with Crippen LogP contribution in [0.5, 0.6) is 0 Å². The lowest BCUT2D eigenvalue weighted by Gasteiger charge is -2.19. The second-order valence-electron chi connectivity index (χ2n) is 3.32. The second kappa shape index (κ2) is 3.68. The quantitative estimate of drug-likeness (QED) is 0.719. The van der Waals surface area contributed by atoms with Gasteiger partial charge in [0.25, 0.3) is 11.3 Å². The minimum Gasteiger partial charge on any atom is -0.294 e. The molecule has 1 aliphatic heterocycles. The normalized spacial score (nSPS) is 16.9. The average Bonchev–Trinajstić information content (AvgIpc) is 2.49. The number of para-hydroxylation sites is 1. The summed E-state index contributed by atoms with van der Waals surface area (Å²) in [6.07, 6.45) is 0.918. The van der Waals surface area contributed by atoms with Crippen LogP contribution >= 0.6 is 0 Å². The highest BCUT2D eigenvalue weighted by molar-refractivity contribution is 7.77. The Morgan fingerprint density at radius 2 is 2.36 bits per heavy atom. The smallest absolute Gasteiger partial charge is 0.250 e. The number of aryl methyl sites for hydroxylation is 1. The Kier molecular flexibility index (Phi) is 2.54. The molecule has 1 aliphatic rings. The van der Waals surface area contributed by atoms with E-state index in [0.29, 0.717) is 0 Å². The third-order valence-electron chi connectivity index (χ3n) is 2.38. The lowest BCUT2D eigenvalue weighted by atomic mass is 10.1. The van der Waals surface area contributed by atoms with Crippen molar-refractivity contribution in [3.8, 4) is 0 Å². The number of hydrogen-bond donors (Lipinski definition) is 2. The average molecular weight is 212 g/mol. The van der Waals surface area contributed by atoms with Gasteiger partial charge in [0.15, 0.2) is 0 Å². The Balaban J connectivity index is 2.33. The topological polar surface area (TPSA) is 52.6 Å². The largest absolute Gasteiger partial charge is 0.294 e. The monoisotopic (exact) mass is 212 g/mol. The zero-order chi connectivity index (χ0) is 10.1. The number of anilines is 1. The van der Waals surface area contributed by atoms with Crippen LogP contribution in [0.15, 0.2) is 18.2 Å². The molecule has 0 saturated carbocycles. The van der Waals surface area contributed by atoms with Crippen molar-refractivity contribution < 1.29 is 8.76 Å². The van der Waals surface area contributed by atoms with E-state index in [-0.39, 0.29) is 0 Å². The Labute approximate surface area is 85.3 Å². The second-order valence-corrected chi connectivity index (χ2v) is 4.01. The van der Waals surface area contributed by atoms with Crippen LogP contribution in [0.4, 0.5) is 5.69 Å². The molecule has 0 aliphatic carbocycles. The first kappa shape index (κ1) is 9.64. The van der Waals surface area contributed by atoms with Gasteiger partial charge in [-0.15, -0.1) is 4.83 Å². The van der Waals surface area contributed by atoms with Crippen LogP contribution in [0, 0.1) is 6.92 Å². The van der Waals surface area contributed by atoms with Crippen molar-refractivity contribution in [1.82, 2.24) is 4.83 Å². The molecule has 0 amide bonds. The maximum absolute atomic E-state index is 10.6. The van der Waals surface area contributed by atoms with Crippen LogP contribution in [0.2, 0.25) is 0 Å². The SMILES string of the molecule is Cc1cccc2c1N(NS(=O)O)CC2. The van der Waals surface area contributed by atoms with Crippen LogP contribution in [0.3, 0.4) is 0 Å². The van der Waals surface area contributed by atoms with Gasteiger partial charge in [-0.25, -0.2) is 4.21 Å². The predicted molar refractivity (Wildman–Crippen MR) is 56.1 cm³/mol. The van der Waals surface area contributed by atoms with E-state index in [2.05, 4.69) is 4.83 Å². The highest BCUT2D eigenvalue weighted by Gasteiger charge is 2.21. The minimum absolute atomic E-state index is 0.743. The number of fused-ring (bicyclic) bond motifs is 1. The zero-order valence-electron chi connectivity index (χ0n) is 7.86. The molecule has 0 aromatic heterocycles. The molecular formula is C9H12N2O2S. The summed E-state index contributed by atoms with van der Waals surface area (Å²) < 4.78 is 19.4. The van der Waals surface area contributed by atoms with E-state index in [1.165, 1.54) is 5.56 Å². The molecule has 0 radical (unpaired) electrons. The van der Waals surface area contributed by atoms with Crippen LogP contribution in [0.1, 0.15) is 11.1 Å². The lowest BCUT2D eigenvalue weighted by molar-refractivity contribution is 0.545. The van der Waals surface area contributed by atoms with Crippen molar-refractivity contribution in [3.63, 3.8) is 0 Å². The van der Waals surface area contributed by atoms with Gasteiger partial charge in [-0.05, 0) is 24.5 Å². The number of nitrogens with one attached hydrogen (secondary N) is 1. The van der Waals surface area contributed by atoms with Crippen molar-refractivity contribution in [2.75, 3.05) is 11.6 Å². The number of nitrogens with zero attached hydrogens (tertiary/aromatic N) is 1. The molecule has 1 atom stereocenters. The minimum atomic E-state index is -2.00. The van der Waals surface area contributed by atoms with Crippen molar-refractivity contribution in [3.05, 3.63) is 29.3 Å². The molecule has 1 heterocycles. The highest BCUT2D eigenvalue weighted by atomic mass is 32.2. The summed E-state index contributed by atoms with van der Waals surface area (Å²) in [5.41, 5.74) is 3.38. The number of hydrogen-bond acceptors (Lipinski definition) is 2. The van der Waals surface area contributed by atoms with Gasteiger partial charge < -0.3 is 0 Å². The van der Waals surface area contributed by atoms with Gasteiger partial charge in [0.2, 0.25) is 0 Å². The fourth-order valence-corrected chi connectivity index (χ4v) is 2.21. The Morgan fingerprint density at radius 3 is 3.07 bits per heavy atom. The summed E-state index contributed by atoms with van der Waals surface area (Å²) in [5, 5.41) is 1.74. The summed E-state index contributed by atoms with van der Waals surface area (Å²) in [6.45, 7) is 2.74. The van der Waals surface area contributed by atoms with Gasteiger partial charge in [0.1, 0.15) is 0 Å². The fourth-order valence-electron chi connectivity index (χ4n) is 1.84. The highest BCUT2D eigenvalue weighted by Crippen LogP contribution is 2.29. The van der Waals surface area contributed by atoms with E-state index in [0.717, 1.165) is 24.2 Å². The van der Waals surface area contributed by atoms with Gasteiger partial charge in [-0.2, -0.15) is 0 Å². The first-order valence-electron chi connectivity index (χ1n) is 4.41. The Bertz CT molecular complexity index is 381. The predicted octanol–water partition coefficient (Wildman–Crippen LogP) is 0.999. The molecule has 14 heavy (non-hydrogen) atoms. The Hall–Kier alpha value is -0.910. The zero-order valence-corrected chi connectivity index (χ0v) is 8.67. The van der Waals surface area contributed by atoms with Gasteiger partial charge in [0.05, 0.1) is 5.69 Å². The van der Waals surface area contributed by atoms with Crippen LogP contribution in [0.25, 0.3) is 0 Å². The van der Waals surface area contributed by atoms with Crippen molar-refractivity contribution in [2.45, 2.75) is 13.3 Å². The molecule has 1 aromatic rings. The van der Waals surface area contributed by atoms with Gasteiger partial charge in [-0.1, -0.05) is 18.2 Å². The Morgan fingerprint density at radius 1 is 1.57 bits per heavy atom. The summed E-state index contributed by atoms with van der Waals surface area (Å²) in [5.74, 6) is 0. The molecule has 1 aromatic carbocycles. The molecule has 0 bridgehead atoms. The van der Waals surface area contributed by atoms with E-state index < -0.39 is 11.3 Å². The third-order valence-corrected chi connectivity index (χ3v) is 2.76. The van der Waals surface area contributed by atoms with E-state index >= 15 is 0 Å². The summed E-state index contributed by atoms with van der Waals surface area (Å²) in [6, 6.07) is 6.05. The van der Waals surface area contributed by atoms with Crippen LogP contribution in [-0.2, 0) is 17.7 Å². The van der Waals surface area contributed by atoms with Crippen molar-refractivity contribution >= 4 is 17.0 Å². The third kappa shape index (κ3) is 1.66. The summed E-state index contributed by atoms with van der Waals surface area (Å²) >= 11 is -2.00. The summed E-state index contributed by atoms with van der Waals surface area (Å²) in [4.78, 5) is 2.50. The van der Waals surface area contributed by atoms with Gasteiger partial charge >= 0.3 is 0 Å². The first-order chi connectivity index (χ1) is 6.68. The van der Waals surface area contributed by atoms with Crippen molar-refractivity contribution in [2.24, 2.45) is 0 Å². The molecule has 0 spiro atoms. The lowest BCUT2D eigenvalue weighted by Crippen LogP contribution is -2.37. The fraction of sp³-hybridized carbons (Fsp3) is 0.333.